The zero-order valence-corrected chi connectivity index (χ0v) is 10.3. The molecule has 1 aromatic carbocycles. The van der Waals surface area contributed by atoms with Gasteiger partial charge in [0.1, 0.15) is 11.4 Å². The highest BCUT2D eigenvalue weighted by molar-refractivity contribution is 5.96. The second-order valence-electron chi connectivity index (χ2n) is 4.73. The Morgan fingerprint density at radius 1 is 1.56 bits per heavy atom. The molecule has 18 heavy (non-hydrogen) atoms. The van der Waals surface area contributed by atoms with Crippen molar-refractivity contribution in [3.63, 3.8) is 0 Å². The summed E-state index contributed by atoms with van der Waals surface area (Å²) in [6.45, 7) is 2.69. The Morgan fingerprint density at radius 3 is 2.94 bits per heavy atom. The average molecular weight is 251 g/mol. The van der Waals surface area contributed by atoms with Gasteiger partial charge in [0.2, 0.25) is 0 Å². The molecule has 1 unspecified atom stereocenters. The molecule has 1 amide bonds. The van der Waals surface area contributed by atoms with Crippen LogP contribution in [-0.4, -0.2) is 41.5 Å². The lowest BCUT2D eigenvalue weighted by Crippen LogP contribution is -2.43. The van der Waals surface area contributed by atoms with Crippen LogP contribution in [0.4, 0.5) is 0 Å². The van der Waals surface area contributed by atoms with Gasteiger partial charge in [-0.3, -0.25) is 4.79 Å². The molecule has 1 saturated heterocycles. The molecule has 98 valence electrons. The number of rotatable bonds is 3. The number of phenolic OH excluding ortho intramolecular Hbond substituents is 1. The van der Waals surface area contributed by atoms with Gasteiger partial charge in [0.25, 0.3) is 5.91 Å². The van der Waals surface area contributed by atoms with Crippen LogP contribution >= 0.6 is 0 Å². The molecule has 0 aromatic heterocycles. The second kappa shape index (κ2) is 4.96. The third kappa shape index (κ3) is 2.80. The number of phenols is 1. The lowest BCUT2D eigenvalue weighted by Gasteiger charge is -2.20. The number of aromatic hydroxyl groups is 1. The Bertz CT molecular complexity index is 452. The topological polar surface area (TPSA) is 78.8 Å². The molecule has 1 aliphatic heterocycles. The second-order valence-corrected chi connectivity index (χ2v) is 4.73. The number of hydrogen-bond acceptors (Lipinski definition) is 4. The highest BCUT2D eigenvalue weighted by Crippen LogP contribution is 2.20. The molecule has 0 saturated carbocycles. The van der Waals surface area contributed by atoms with Gasteiger partial charge in [0, 0.05) is 19.6 Å². The van der Waals surface area contributed by atoms with E-state index in [9.17, 15) is 15.0 Å². The summed E-state index contributed by atoms with van der Waals surface area (Å²) in [6.07, 6.45) is 0.507. The van der Waals surface area contributed by atoms with Crippen LogP contribution in [0, 0.1) is 6.92 Å². The van der Waals surface area contributed by atoms with E-state index in [4.69, 9.17) is 4.74 Å². The summed E-state index contributed by atoms with van der Waals surface area (Å²) in [7, 11) is 0. The molecule has 1 aliphatic rings. The normalized spacial score (nSPS) is 23.0. The predicted molar refractivity (Wildman–Crippen MR) is 65.6 cm³/mol. The monoisotopic (exact) mass is 251 g/mol. The minimum Gasteiger partial charge on any atom is -0.507 e. The van der Waals surface area contributed by atoms with Crippen molar-refractivity contribution in [3.8, 4) is 5.75 Å². The standard InChI is InChI=1S/C13H17NO4/c1-9-2-3-10(11(15)6-9)12(16)14-7-13(17)4-5-18-8-13/h2-3,6,15,17H,4-5,7-8H2,1H3,(H,14,16). The van der Waals surface area contributed by atoms with Crippen LogP contribution in [-0.2, 0) is 4.74 Å². The van der Waals surface area contributed by atoms with Gasteiger partial charge in [-0.2, -0.15) is 0 Å². The average Bonchev–Trinajstić information content (AvgIpc) is 2.74. The molecule has 3 N–H and O–H groups in total. The maximum atomic E-state index is 11.9. The van der Waals surface area contributed by atoms with E-state index in [2.05, 4.69) is 5.32 Å². The van der Waals surface area contributed by atoms with E-state index in [0.29, 0.717) is 13.0 Å². The fraction of sp³-hybridized carbons (Fsp3) is 0.462. The summed E-state index contributed by atoms with van der Waals surface area (Å²) in [5.74, 6) is -0.449. The van der Waals surface area contributed by atoms with Crippen molar-refractivity contribution >= 4 is 5.91 Å². The number of ether oxygens (including phenoxy) is 1. The fourth-order valence-corrected chi connectivity index (χ4v) is 1.91. The van der Waals surface area contributed by atoms with E-state index in [0.717, 1.165) is 5.56 Å². The number of carbonyl (C=O) groups excluding carboxylic acids is 1. The summed E-state index contributed by atoms with van der Waals surface area (Å²) in [6, 6.07) is 4.85. The molecular weight excluding hydrogens is 234 g/mol. The third-order valence-electron chi connectivity index (χ3n) is 3.06. The van der Waals surface area contributed by atoms with Crippen LogP contribution in [0.2, 0.25) is 0 Å². The SMILES string of the molecule is Cc1ccc(C(=O)NCC2(O)CCOC2)c(O)c1. The molecule has 0 aliphatic carbocycles. The molecule has 0 bridgehead atoms. The largest absolute Gasteiger partial charge is 0.507 e. The van der Waals surface area contributed by atoms with E-state index >= 15 is 0 Å². The number of aryl methyl sites for hydroxylation is 1. The number of hydrogen-bond donors (Lipinski definition) is 3. The Morgan fingerprint density at radius 2 is 2.33 bits per heavy atom. The van der Waals surface area contributed by atoms with Crippen molar-refractivity contribution < 1.29 is 19.7 Å². The molecule has 0 spiro atoms. The molecule has 5 heteroatoms. The Labute approximate surface area is 105 Å². The summed E-state index contributed by atoms with van der Waals surface area (Å²) >= 11 is 0. The van der Waals surface area contributed by atoms with E-state index in [1.165, 1.54) is 6.07 Å². The molecule has 5 nitrogen and oxygen atoms in total. The zero-order valence-electron chi connectivity index (χ0n) is 10.3. The summed E-state index contributed by atoms with van der Waals surface area (Å²) < 4.78 is 5.09. The first-order valence-electron chi connectivity index (χ1n) is 5.88. The van der Waals surface area contributed by atoms with E-state index in [-0.39, 0.29) is 24.5 Å². The Kier molecular flexibility index (Phi) is 3.54. The minimum atomic E-state index is -0.990. The van der Waals surface area contributed by atoms with E-state index in [1.54, 1.807) is 12.1 Å². The molecule has 1 heterocycles. The first kappa shape index (κ1) is 12.9. The van der Waals surface area contributed by atoms with Crippen LogP contribution in [0.1, 0.15) is 22.3 Å². The maximum absolute atomic E-state index is 11.9. The van der Waals surface area contributed by atoms with Crippen molar-refractivity contribution in [2.24, 2.45) is 0 Å². The molecule has 1 fully saturated rings. The molecule has 2 rings (SSSR count). The summed E-state index contributed by atoms with van der Waals surface area (Å²) in [5.41, 5.74) is 0.102. The minimum absolute atomic E-state index is 0.0536. The van der Waals surface area contributed by atoms with Crippen LogP contribution in [0.25, 0.3) is 0 Å². The van der Waals surface area contributed by atoms with Gasteiger partial charge in [-0.05, 0) is 24.6 Å². The Hall–Kier alpha value is -1.59. The number of aliphatic hydroxyl groups is 1. The molecule has 1 aromatic rings. The molecular formula is C13H17NO4. The van der Waals surface area contributed by atoms with Gasteiger partial charge in [-0.15, -0.1) is 0 Å². The number of amides is 1. The van der Waals surface area contributed by atoms with Gasteiger partial charge in [0.15, 0.2) is 0 Å². The van der Waals surface area contributed by atoms with Gasteiger partial charge >= 0.3 is 0 Å². The first-order chi connectivity index (χ1) is 8.50. The third-order valence-corrected chi connectivity index (χ3v) is 3.06. The van der Waals surface area contributed by atoms with E-state index < -0.39 is 11.5 Å². The predicted octanol–water partition coefficient (Wildman–Crippen LogP) is 0.582. The van der Waals surface area contributed by atoms with Gasteiger partial charge in [-0.25, -0.2) is 0 Å². The molecule has 0 radical (unpaired) electrons. The highest BCUT2D eigenvalue weighted by atomic mass is 16.5. The van der Waals surface area contributed by atoms with Crippen molar-refractivity contribution in [3.05, 3.63) is 29.3 Å². The lowest BCUT2D eigenvalue weighted by atomic mass is 10.0. The highest BCUT2D eigenvalue weighted by Gasteiger charge is 2.32. The number of nitrogens with one attached hydrogen (secondary N) is 1. The van der Waals surface area contributed by atoms with Crippen molar-refractivity contribution in [1.29, 1.82) is 0 Å². The first-order valence-corrected chi connectivity index (χ1v) is 5.88. The number of benzene rings is 1. The fourth-order valence-electron chi connectivity index (χ4n) is 1.91. The zero-order chi connectivity index (χ0) is 13.2. The maximum Gasteiger partial charge on any atom is 0.255 e. The van der Waals surface area contributed by atoms with Crippen LogP contribution < -0.4 is 5.32 Å². The van der Waals surface area contributed by atoms with Crippen molar-refractivity contribution in [2.75, 3.05) is 19.8 Å². The van der Waals surface area contributed by atoms with Crippen LogP contribution in [0.3, 0.4) is 0 Å². The summed E-state index contributed by atoms with van der Waals surface area (Å²) in [5, 5.41) is 22.3. The quantitative estimate of drug-likeness (QED) is 0.734. The number of carbonyl (C=O) groups is 1. The van der Waals surface area contributed by atoms with Crippen LogP contribution in [0.5, 0.6) is 5.75 Å². The van der Waals surface area contributed by atoms with Crippen LogP contribution in [0.15, 0.2) is 18.2 Å². The smallest absolute Gasteiger partial charge is 0.255 e. The molecule has 1 atom stereocenters. The van der Waals surface area contributed by atoms with E-state index in [1.807, 2.05) is 6.92 Å². The lowest BCUT2D eigenvalue weighted by molar-refractivity contribution is 0.0264. The van der Waals surface area contributed by atoms with Gasteiger partial charge in [0.05, 0.1) is 12.2 Å². The summed E-state index contributed by atoms with van der Waals surface area (Å²) in [4.78, 5) is 11.9. The van der Waals surface area contributed by atoms with Crippen molar-refractivity contribution in [2.45, 2.75) is 18.9 Å². The van der Waals surface area contributed by atoms with Gasteiger partial charge < -0.3 is 20.3 Å². The Balaban J connectivity index is 1.99. The van der Waals surface area contributed by atoms with Gasteiger partial charge in [-0.1, -0.05) is 6.07 Å². The van der Waals surface area contributed by atoms with Crippen molar-refractivity contribution in [1.82, 2.24) is 5.32 Å².